The maximum absolute atomic E-state index is 12.8. The highest BCUT2D eigenvalue weighted by molar-refractivity contribution is 7.13. The highest BCUT2D eigenvalue weighted by atomic mass is 35.5. The average molecular weight is 426 g/mol. The quantitative estimate of drug-likeness (QED) is 0.380. The minimum absolute atomic E-state index is 0.0223. The van der Waals surface area contributed by atoms with Crippen molar-refractivity contribution in [1.29, 1.82) is 0 Å². The number of hydrogen-bond acceptors (Lipinski definition) is 5. The molecule has 0 radical (unpaired) electrons. The lowest BCUT2D eigenvalue weighted by molar-refractivity contribution is -0.137. The van der Waals surface area contributed by atoms with Gasteiger partial charge < -0.3 is 4.74 Å². The number of hydrogen-bond donors (Lipinski definition) is 1. The van der Waals surface area contributed by atoms with Crippen molar-refractivity contribution in [3.8, 4) is 5.75 Å². The summed E-state index contributed by atoms with van der Waals surface area (Å²) in [5.41, 5.74) is 3.97. The average Bonchev–Trinajstić information content (AvgIpc) is 3.06. The van der Waals surface area contributed by atoms with Crippen LogP contribution in [-0.4, -0.2) is 11.2 Å². The summed E-state index contributed by atoms with van der Waals surface area (Å²) in [7, 11) is 0. The third kappa shape index (κ3) is 5.46. The maximum Gasteiger partial charge on any atom is 0.416 e. The highest BCUT2D eigenvalue weighted by Crippen LogP contribution is 2.30. The lowest BCUT2D eigenvalue weighted by atomic mass is 10.1. The van der Waals surface area contributed by atoms with Crippen LogP contribution in [0.15, 0.2) is 52.9 Å². The zero-order chi connectivity index (χ0) is 20.1. The first kappa shape index (κ1) is 20.2. The van der Waals surface area contributed by atoms with Crippen molar-refractivity contribution in [2.75, 3.05) is 5.43 Å². The second-order valence-corrected chi connectivity index (χ2v) is 7.13. The molecule has 0 aliphatic rings. The Hall–Kier alpha value is -2.58. The Labute approximate surface area is 168 Å². The lowest BCUT2D eigenvalue weighted by Gasteiger charge is -2.11. The van der Waals surface area contributed by atoms with Crippen molar-refractivity contribution >= 4 is 34.3 Å². The highest BCUT2D eigenvalue weighted by Gasteiger charge is 2.30. The smallest absolute Gasteiger partial charge is 0.416 e. The van der Waals surface area contributed by atoms with Crippen LogP contribution in [0.25, 0.3) is 0 Å². The predicted molar refractivity (Wildman–Crippen MR) is 105 cm³/mol. The molecule has 2 aromatic carbocycles. The van der Waals surface area contributed by atoms with Gasteiger partial charge in [-0.1, -0.05) is 23.7 Å². The van der Waals surface area contributed by atoms with Crippen molar-refractivity contribution in [1.82, 2.24) is 4.98 Å². The molecule has 0 amide bonds. The summed E-state index contributed by atoms with van der Waals surface area (Å²) in [4.78, 5) is 4.23. The van der Waals surface area contributed by atoms with E-state index in [1.165, 1.54) is 23.6 Å². The van der Waals surface area contributed by atoms with Gasteiger partial charge in [0.1, 0.15) is 12.4 Å². The minimum atomic E-state index is -4.39. The molecule has 1 heterocycles. The molecule has 9 heteroatoms. The summed E-state index contributed by atoms with van der Waals surface area (Å²) in [6.45, 7) is 1.85. The summed E-state index contributed by atoms with van der Waals surface area (Å²) in [6.07, 6.45) is -2.88. The molecule has 146 valence electrons. The summed E-state index contributed by atoms with van der Waals surface area (Å²) >= 11 is 7.45. The van der Waals surface area contributed by atoms with Crippen LogP contribution in [0.4, 0.5) is 18.3 Å². The molecule has 0 saturated carbocycles. The number of halogens is 4. The molecule has 0 saturated heterocycles. The van der Waals surface area contributed by atoms with Crippen molar-refractivity contribution < 1.29 is 17.9 Å². The molecule has 4 nitrogen and oxygen atoms in total. The molecule has 0 spiro atoms. The Balaban J connectivity index is 1.72. The number of rotatable bonds is 6. The van der Waals surface area contributed by atoms with E-state index >= 15 is 0 Å². The van der Waals surface area contributed by atoms with Gasteiger partial charge in [-0.3, -0.25) is 5.43 Å². The van der Waals surface area contributed by atoms with Crippen LogP contribution in [0.5, 0.6) is 5.75 Å². The molecule has 0 aliphatic heterocycles. The van der Waals surface area contributed by atoms with E-state index in [0.29, 0.717) is 27.0 Å². The first-order valence-corrected chi connectivity index (χ1v) is 9.37. The molecule has 1 N–H and O–H groups in total. The zero-order valence-electron chi connectivity index (χ0n) is 14.6. The van der Waals surface area contributed by atoms with E-state index in [0.717, 1.165) is 17.8 Å². The molecule has 3 rings (SSSR count). The van der Waals surface area contributed by atoms with E-state index in [4.69, 9.17) is 16.3 Å². The standard InChI is InChI=1S/C19H15ClF3N3OS/c1-12-11-28-18(25-12)26-24-9-14-8-16(20)5-6-17(14)27-10-13-3-2-4-15(7-13)19(21,22)23/h2-9,11H,10H2,1H3,(H,25,26). The Bertz CT molecular complexity index is 989. The molecule has 0 unspecified atom stereocenters. The molecule has 0 aliphatic carbocycles. The third-order valence-corrected chi connectivity index (χ3v) is 4.70. The zero-order valence-corrected chi connectivity index (χ0v) is 16.2. The van der Waals surface area contributed by atoms with E-state index in [9.17, 15) is 13.2 Å². The van der Waals surface area contributed by atoms with Crippen LogP contribution in [-0.2, 0) is 12.8 Å². The number of ether oxygens (including phenoxy) is 1. The van der Waals surface area contributed by atoms with Crippen LogP contribution in [0, 0.1) is 6.92 Å². The van der Waals surface area contributed by atoms with E-state index in [2.05, 4.69) is 15.5 Å². The summed E-state index contributed by atoms with van der Waals surface area (Å²) < 4.78 is 44.2. The number of aryl methyl sites for hydroxylation is 1. The fraction of sp³-hybridized carbons (Fsp3) is 0.158. The van der Waals surface area contributed by atoms with E-state index < -0.39 is 11.7 Å². The van der Waals surface area contributed by atoms with E-state index in [-0.39, 0.29) is 6.61 Å². The molecule has 3 aromatic rings. The number of nitrogens with one attached hydrogen (secondary N) is 1. The van der Waals surface area contributed by atoms with Crippen LogP contribution in [0.2, 0.25) is 5.02 Å². The van der Waals surface area contributed by atoms with Crippen molar-refractivity contribution in [3.05, 3.63) is 75.3 Å². The monoisotopic (exact) mass is 425 g/mol. The lowest BCUT2D eigenvalue weighted by Crippen LogP contribution is -2.06. The Morgan fingerprint density at radius 3 is 2.79 bits per heavy atom. The van der Waals surface area contributed by atoms with Crippen molar-refractivity contribution in [2.24, 2.45) is 5.10 Å². The molecular weight excluding hydrogens is 411 g/mol. The summed E-state index contributed by atoms with van der Waals surface area (Å²) in [5.74, 6) is 0.447. The summed E-state index contributed by atoms with van der Waals surface area (Å²) in [6, 6.07) is 9.95. The second-order valence-electron chi connectivity index (χ2n) is 5.83. The SMILES string of the molecule is Cc1csc(NN=Cc2cc(Cl)ccc2OCc2cccc(C(F)(F)F)c2)n1. The number of thiazole rings is 1. The van der Waals surface area contributed by atoms with Crippen LogP contribution in [0.1, 0.15) is 22.4 Å². The third-order valence-electron chi connectivity index (χ3n) is 3.60. The van der Waals surface area contributed by atoms with E-state index in [1.807, 2.05) is 12.3 Å². The second kappa shape index (κ2) is 8.62. The number of aromatic nitrogens is 1. The normalized spacial score (nSPS) is 11.8. The van der Waals surface area contributed by atoms with Gasteiger partial charge in [0.15, 0.2) is 0 Å². The minimum Gasteiger partial charge on any atom is -0.488 e. The molecule has 0 bridgehead atoms. The van der Waals surface area contributed by atoms with Crippen LogP contribution < -0.4 is 10.2 Å². The van der Waals surface area contributed by atoms with Crippen molar-refractivity contribution in [3.63, 3.8) is 0 Å². The van der Waals surface area contributed by atoms with Crippen LogP contribution in [0.3, 0.4) is 0 Å². The van der Waals surface area contributed by atoms with Gasteiger partial charge >= 0.3 is 6.18 Å². The molecule has 0 atom stereocenters. The van der Waals surface area contributed by atoms with E-state index in [1.54, 1.807) is 24.3 Å². The number of alkyl halides is 3. The van der Waals surface area contributed by atoms with Gasteiger partial charge in [-0.25, -0.2) is 4.98 Å². The summed E-state index contributed by atoms with van der Waals surface area (Å²) in [5, 5.41) is 7.13. The first-order chi connectivity index (χ1) is 13.3. The Morgan fingerprint density at radius 1 is 1.25 bits per heavy atom. The number of anilines is 1. The van der Waals surface area contributed by atoms with Gasteiger partial charge in [-0.05, 0) is 42.8 Å². The Morgan fingerprint density at radius 2 is 2.07 bits per heavy atom. The fourth-order valence-corrected chi connectivity index (χ4v) is 3.13. The first-order valence-electron chi connectivity index (χ1n) is 8.11. The van der Waals surface area contributed by atoms with Crippen molar-refractivity contribution in [2.45, 2.75) is 19.7 Å². The molecular formula is C19H15ClF3N3OS. The predicted octanol–water partition coefficient (Wildman–Crippen LogP) is 6.15. The number of nitrogens with zero attached hydrogens (tertiary/aromatic N) is 2. The van der Waals surface area contributed by atoms with Gasteiger partial charge in [0.25, 0.3) is 0 Å². The van der Waals surface area contributed by atoms with Gasteiger partial charge in [0.05, 0.1) is 17.5 Å². The van der Waals surface area contributed by atoms with Crippen LogP contribution >= 0.6 is 22.9 Å². The molecule has 0 fully saturated rings. The van der Waals surface area contributed by atoms with Gasteiger partial charge in [0.2, 0.25) is 5.13 Å². The maximum atomic E-state index is 12.8. The Kier molecular flexibility index (Phi) is 6.21. The number of benzene rings is 2. The van der Waals surface area contributed by atoms with Gasteiger partial charge in [0, 0.05) is 16.0 Å². The number of hydrazone groups is 1. The molecule has 28 heavy (non-hydrogen) atoms. The van der Waals surface area contributed by atoms with Gasteiger partial charge in [-0.2, -0.15) is 18.3 Å². The largest absolute Gasteiger partial charge is 0.488 e. The topological polar surface area (TPSA) is 46.5 Å². The molecule has 1 aromatic heterocycles. The van der Waals surface area contributed by atoms with Gasteiger partial charge in [-0.15, -0.1) is 11.3 Å². The fourth-order valence-electron chi connectivity index (χ4n) is 2.31.